The molecule has 2 N–H and O–H groups in total. The summed E-state index contributed by atoms with van der Waals surface area (Å²) in [5.74, 6) is 0.448. The third kappa shape index (κ3) is 5.95. The quantitative estimate of drug-likeness (QED) is 0.478. The Morgan fingerprint density at radius 1 is 0.912 bits per heavy atom. The number of methoxy groups -OCH3 is 2. The smallest absolute Gasteiger partial charge is 0.243 e. The molecule has 0 fully saturated rings. The highest BCUT2D eigenvalue weighted by molar-refractivity contribution is 7.89. The Morgan fingerprint density at radius 2 is 1.56 bits per heavy atom. The number of carbonyl (C=O) groups excluding carboxylic acids is 1. The SMILES string of the molecule is COc1ccc(OC)c(NC(=O)C(Cc2ccccc2)NS(=O)(=O)c2c(C)cc(C)cc2C)c1. The predicted molar refractivity (Wildman–Crippen MR) is 133 cm³/mol. The van der Waals surface area contributed by atoms with Gasteiger partial charge in [0.2, 0.25) is 15.9 Å². The largest absolute Gasteiger partial charge is 0.497 e. The fraction of sp³-hybridized carbons (Fsp3) is 0.269. The van der Waals surface area contributed by atoms with Crippen molar-refractivity contribution in [2.24, 2.45) is 0 Å². The maximum Gasteiger partial charge on any atom is 0.243 e. The second kappa shape index (κ2) is 10.7. The molecule has 3 rings (SSSR count). The Balaban J connectivity index is 1.97. The number of nitrogens with one attached hydrogen (secondary N) is 2. The van der Waals surface area contributed by atoms with Crippen LogP contribution in [0.25, 0.3) is 0 Å². The van der Waals surface area contributed by atoms with Crippen LogP contribution in [-0.4, -0.2) is 34.6 Å². The number of ether oxygens (including phenoxy) is 2. The van der Waals surface area contributed by atoms with Crippen molar-refractivity contribution < 1.29 is 22.7 Å². The molecule has 3 aromatic carbocycles. The molecule has 0 aliphatic heterocycles. The average molecular weight is 483 g/mol. The fourth-order valence-electron chi connectivity index (χ4n) is 4.01. The van der Waals surface area contributed by atoms with Crippen molar-refractivity contribution in [1.82, 2.24) is 4.72 Å². The summed E-state index contributed by atoms with van der Waals surface area (Å²) < 4.78 is 40.1. The first-order valence-electron chi connectivity index (χ1n) is 10.8. The van der Waals surface area contributed by atoms with Crippen LogP contribution in [0.5, 0.6) is 11.5 Å². The summed E-state index contributed by atoms with van der Waals surface area (Å²) in [7, 11) is -0.980. The van der Waals surface area contributed by atoms with Crippen LogP contribution in [0.15, 0.2) is 65.6 Å². The number of carbonyl (C=O) groups is 1. The molecule has 0 bridgehead atoms. The first kappa shape index (κ1) is 25.3. The lowest BCUT2D eigenvalue weighted by molar-refractivity contribution is -0.117. The van der Waals surface area contributed by atoms with Gasteiger partial charge in [0.15, 0.2) is 0 Å². The summed E-state index contributed by atoms with van der Waals surface area (Å²) in [5.41, 5.74) is 3.42. The van der Waals surface area contributed by atoms with Gasteiger partial charge in [-0.2, -0.15) is 4.72 Å². The predicted octanol–water partition coefficient (Wildman–Crippen LogP) is 4.16. The summed E-state index contributed by atoms with van der Waals surface area (Å²) in [6.45, 7) is 5.42. The topological polar surface area (TPSA) is 93.7 Å². The van der Waals surface area contributed by atoms with Gasteiger partial charge in [-0.1, -0.05) is 48.0 Å². The zero-order valence-corrected chi connectivity index (χ0v) is 20.8. The van der Waals surface area contributed by atoms with Gasteiger partial charge in [0, 0.05) is 6.07 Å². The summed E-state index contributed by atoms with van der Waals surface area (Å²) in [6, 6.07) is 16.8. The normalized spacial score (nSPS) is 12.1. The van der Waals surface area contributed by atoms with E-state index in [1.807, 2.05) is 49.4 Å². The van der Waals surface area contributed by atoms with Gasteiger partial charge in [-0.15, -0.1) is 0 Å². The van der Waals surface area contributed by atoms with Crippen LogP contribution >= 0.6 is 0 Å². The highest BCUT2D eigenvalue weighted by atomic mass is 32.2. The summed E-state index contributed by atoms with van der Waals surface area (Å²) in [6.07, 6.45) is 0.169. The second-order valence-electron chi connectivity index (χ2n) is 8.15. The van der Waals surface area contributed by atoms with Crippen LogP contribution in [0, 0.1) is 20.8 Å². The molecule has 1 unspecified atom stereocenters. The van der Waals surface area contributed by atoms with Gasteiger partial charge in [0.05, 0.1) is 24.8 Å². The molecular weight excluding hydrogens is 452 g/mol. The van der Waals surface area contributed by atoms with Crippen LogP contribution in [0.2, 0.25) is 0 Å². The number of benzene rings is 3. The minimum absolute atomic E-state index is 0.169. The lowest BCUT2D eigenvalue weighted by atomic mass is 10.1. The van der Waals surface area contributed by atoms with Crippen molar-refractivity contribution in [3.8, 4) is 11.5 Å². The number of anilines is 1. The van der Waals surface area contributed by atoms with Crippen molar-refractivity contribution >= 4 is 21.6 Å². The first-order valence-corrected chi connectivity index (χ1v) is 12.3. The van der Waals surface area contributed by atoms with E-state index < -0.39 is 22.0 Å². The van der Waals surface area contributed by atoms with Gasteiger partial charge in [0.25, 0.3) is 0 Å². The van der Waals surface area contributed by atoms with E-state index in [1.165, 1.54) is 14.2 Å². The summed E-state index contributed by atoms with van der Waals surface area (Å²) in [4.78, 5) is 13.6. The monoisotopic (exact) mass is 482 g/mol. The molecule has 0 aromatic heterocycles. The average Bonchev–Trinajstić information content (AvgIpc) is 2.78. The molecule has 8 heteroatoms. The van der Waals surface area contributed by atoms with E-state index in [0.29, 0.717) is 28.3 Å². The summed E-state index contributed by atoms with van der Waals surface area (Å²) in [5, 5.41) is 2.80. The van der Waals surface area contributed by atoms with Crippen molar-refractivity contribution in [3.63, 3.8) is 0 Å². The van der Waals surface area contributed by atoms with E-state index >= 15 is 0 Å². The molecule has 34 heavy (non-hydrogen) atoms. The van der Waals surface area contributed by atoms with Crippen LogP contribution in [0.3, 0.4) is 0 Å². The van der Waals surface area contributed by atoms with Crippen molar-refractivity contribution in [2.75, 3.05) is 19.5 Å². The molecule has 0 spiro atoms. The molecule has 180 valence electrons. The van der Waals surface area contributed by atoms with E-state index in [9.17, 15) is 13.2 Å². The van der Waals surface area contributed by atoms with Crippen molar-refractivity contribution in [3.05, 3.63) is 82.9 Å². The number of sulfonamides is 1. The molecule has 7 nitrogen and oxygen atoms in total. The number of hydrogen-bond donors (Lipinski definition) is 2. The molecule has 0 saturated heterocycles. The molecule has 0 aliphatic rings. The minimum atomic E-state index is -3.99. The van der Waals surface area contributed by atoms with Crippen LogP contribution in [0.1, 0.15) is 22.3 Å². The lowest BCUT2D eigenvalue weighted by Gasteiger charge is -2.21. The molecule has 3 aromatic rings. The Bertz CT molecular complexity index is 1250. The lowest BCUT2D eigenvalue weighted by Crippen LogP contribution is -2.45. The first-order chi connectivity index (χ1) is 16.1. The molecule has 0 saturated carbocycles. The van der Waals surface area contributed by atoms with E-state index in [-0.39, 0.29) is 11.3 Å². The number of amides is 1. The van der Waals surface area contributed by atoms with E-state index in [0.717, 1.165) is 11.1 Å². The van der Waals surface area contributed by atoms with Crippen molar-refractivity contribution in [2.45, 2.75) is 38.1 Å². The van der Waals surface area contributed by atoms with E-state index in [1.54, 1.807) is 32.0 Å². The molecule has 1 amide bonds. The summed E-state index contributed by atoms with van der Waals surface area (Å²) >= 11 is 0. The highest BCUT2D eigenvalue weighted by Crippen LogP contribution is 2.29. The zero-order chi connectivity index (χ0) is 24.9. The van der Waals surface area contributed by atoms with Crippen LogP contribution in [-0.2, 0) is 21.2 Å². The van der Waals surface area contributed by atoms with E-state index in [2.05, 4.69) is 10.0 Å². The highest BCUT2D eigenvalue weighted by Gasteiger charge is 2.29. The fourth-order valence-corrected chi connectivity index (χ4v) is 5.65. The van der Waals surface area contributed by atoms with Gasteiger partial charge in [-0.25, -0.2) is 8.42 Å². The van der Waals surface area contributed by atoms with Crippen LogP contribution in [0.4, 0.5) is 5.69 Å². The van der Waals surface area contributed by atoms with E-state index in [4.69, 9.17) is 9.47 Å². The standard InChI is InChI=1S/C26H30N2O5S/c1-17-13-18(2)25(19(3)14-17)34(30,31)28-23(15-20-9-7-6-8-10-20)26(29)27-22-16-21(32-4)11-12-24(22)33-5/h6-14,16,23,28H,15H2,1-5H3,(H,27,29). The zero-order valence-electron chi connectivity index (χ0n) is 20.0. The molecule has 0 aliphatic carbocycles. The number of rotatable bonds is 9. The third-order valence-electron chi connectivity index (χ3n) is 5.43. The Morgan fingerprint density at radius 3 is 2.15 bits per heavy atom. The number of hydrogen-bond acceptors (Lipinski definition) is 5. The van der Waals surface area contributed by atoms with Gasteiger partial charge in [-0.3, -0.25) is 4.79 Å². The molecular formula is C26H30N2O5S. The van der Waals surface area contributed by atoms with Crippen LogP contribution < -0.4 is 19.5 Å². The van der Waals surface area contributed by atoms with Gasteiger partial charge in [-0.05, 0) is 56.0 Å². The maximum atomic E-state index is 13.4. The number of aryl methyl sites for hydroxylation is 3. The third-order valence-corrected chi connectivity index (χ3v) is 7.21. The Labute approximate surface area is 201 Å². The van der Waals surface area contributed by atoms with Gasteiger partial charge >= 0.3 is 0 Å². The Kier molecular flexibility index (Phi) is 7.96. The Hall–Kier alpha value is -3.36. The minimum Gasteiger partial charge on any atom is -0.497 e. The molecule has 0 radical (unpaired) electrons. The molecule has 1 atom stereocenters. The molecule has 0 heterocycles. The van der Waals surface area contributed by atoms with Crippen molar-refractivity contribution in [1.29, 1.82) is 0 Å². The van der Waals surface area contributed by atoms with Gasteiger partial charge in [0.1, 0.15) is 17.5 Å². The van der Waals surface area contributed by atoms with Gasteiger partial charge < -0.3 is 14.8 Å². The second-order valence-corrected chi connectivity index (χ2v) is 9.80. The maximum absolute atomic E-state index is 13.4.